The standard InChI is InChI=1S/C33H23FN6O4/c1-40-17-21(16-38-40)30-28(20-5-3-7-23(35)15-20)29-32(36-18-37-33(29)44-30)42-25-10-8-24(9-11-25)39-31(41)27-13-12-26(43-27)19-4-2-6-22(34)14-19/h2-18H,35H2,1H3,(H,39,41). The first-order valence-electron chi connectivity index (χ1n) is 13.5. The van der Waals surface area contributed by atoms with Gasteiger partial charge in [0.25, 0.3) is 5.91 Å². The van der Waals surface area contributed by atoms with Crippen molar-refractivity contribution in [3.63, 3.8) is 0 Å². The highest BCUT2D eigenvalue weighted by molar-refractivity contribution is 6.04. The molecule has 4 aromatic heterocycles. The van der Waals surface area contributed by atoms with Crippen molar-refractivity contribution in [2.45, 2.75) is 0 Å². The molecule has 1 amide bonds. The molecule has 0 radical (unpaired) electrons. The van der Waals surface area contributed by atoms with Gasteiger partial charge in [-0.2, -0.15) is 5.10 Å². The highest BCUT2D eigenvalue weighted by atomic mass is 19.1. The molecule has 0 aliphatic heterocycles. The molecule has 216 valence electrons. The number of nitrogens with zero attached hydrogens (tertiary/aromatic N) is 4. The Hall–Kier alpha value is -6.23. The Morgan fingerprint density at radius 2 is 1.75 bits per heavy atom. The molecule has 0 fully saturated rings. The number of nitrogen functional groups attached to an aromatic ring is 1. The number of carbonyl (C=O) groups excluding carboxylic acids is 1. The third kappa shape index (κ3) is 5.13. The second-order valence-electron chi connectivity index (χ2n) is 9.95. The molecule has 11 heteroatoms. The molecule has 0 aliphatic rings. The number of nitrogens with two attached hydrogens (primary N) is 1. The van der Waals surface area contributed by atoms with Crippen molar-refractivity contribution in [2.24, 2.45) is 7.05 Å². The van der Waals surface area contributed by atoms with E-state index in [1.165, 1.54) is 24.5 Å². The average molecular weight is 587 g/mol. The van der Waals surface area contributed by atoms with Crippen LogP contribution in [0.25, 0.3) is 44.9 Å². The third-order valence-corrected chi connectivity index (χ3v) is 6.86. The van der Waals surface area contributed by atoms with Crippen LogP contribution < -0.4 is 15.8 Å². The molecule has 7 aromatic rings. The number of aryl methyl sites for hydroxylation is 1. The van der Waals surface area contributed by atoms with E-state index >= 15 is 0 Å². The van der Waals surface area contributed by atoms with Gasteiger partial charge in [-0.1, -0.05) is 24.3 Å². The number of rotatable bonds is 7. The number of hydrogen-bond acceptors (Lipinski definition) is 8. The molecule has 3 aromatic carbocycles. The van der Waals surface area contributed by atoms with Gasteiger partial charge in [0, 0.05) is 35.7 Å². The summed E-state index contributed by atoms with van der Waals surface area (Å²) in [5.74, 6) is 0.940. The van der Waals surface area contributed by atoms with Crippen LogP contribution >= 0.6 is 0 Å². The second-order valence-corrected chi connectivity index (χ2v) is 9.95. The molecular formula is C33H23FN6O4. The van der Waals surface area contributed by atoms with Crippen LogP contribution in [0.4, 0.5) is 15.8 Å². The third-order valence-electron chi connectivity index (χ3n) is 6.86. The van der Waals surface area contributed by atoms with Gasteiger partial charge in [0.1, 0.15) is 34.8 Å². The Kier molecular flexibility index (Phi) is 6.59. The molecule has 3 N–H and O–H groups in total. The molecular weight excluding hydrogens is 563 g/mol. The zero-order chi connectivity index (χ0) is 30.2. The normalized spacial score (nSPS) is 11.1. The number of benzene rings is 3. The fourth-order valence-corrected chi connectivity index (χ4v) is 4.86. The molecule has 44 heavy (non-hydrogen) atoms. The van der Waals surface area contributed by atoms with Gasteiger partial charge in [0.05, 0.1) is 11.8 Å². The van der Waals surface area contributed by atoms with Crippen LogP contribution in [0.2, 0.25) is 0 Å². The van der Waals surface area contributed by atoms with Crippen LogP contribution in [-0.2, 0) is 7.05 Å². The van der Waals surface area contributed by atoms with E-state index in [2.05, 4.69) is 20.4 Å². The number of amides is 1. The van der Waals surface area contributed by atoms with E-state index in [-0.39, 0.29) is 11.6 Å². The lowest BCUT2D eigenvalue weighted by molar-refractivity contribution is 0.0997. The van der Waals surface area contributed by atoms with E-state index in [1.54, 1.807) is 59.4 Å². The van der Waals surface area contributed by atoms with E-state index in [1.807, 2.05) is 31.4 Å². The number of hydrogen-bond donors (Lipinski definition) is 2. The van der Waals surface area contributed by atoms with E-state index < -0.39 is 11.7 Å². The highest BCUT2D eigenvalue weighted by Crippen LogP contribution is 2.44. The van der Waals surface area contributed by atoms with Crippen molar-refractivity contribution in [2.75, 3.05) is 11.1 Å². The largest absolute Gasteiger partial charge is 0.451 e. The Balaban J connectivity index is 1.16. The monoisotopic (exact) mass is 586 g/mol. The van der Waals surface area contributed by atoms with E-state index in [4.69, 9.17) is 19.3 Å². The fraction of sp³-hybridized carbons (Fsp3) is 0.0303. The lowest BCUT2D eigenvalue weighted by Gasteiger charge is -2.09. The summed E-state index contributed by atoms with van der Waals surface area (Å²) >= 11 is 0. The first-order chi connectivity index (χ1) is 21.4. The maximum Gasteiger partial charge on any atom is 0.291 e. The lowest BCUT2D eigenvalue weighted by Crippen LogP contribution is -2.10. The summed E-state index contributed by atoms with van der Waals surface area (Å²) in [6, 6.07) is 23.3. The summed E-state index contributed by atoms with van der Waals surface area (Å²) in [4.78, 5) is 21.6. The number of halogens is 1. The zero-order valence-corrected chi connectivity index (χ0v) is 23.2. The van der Waals surface area contributed by atoms with Gasteiger partial charge in [-0.3, -0.25) is 9.48 Å². The van der Waals surface area contributed by atoms with Gasteiger partial charge in [-0.05, 0) is 66.2 Å². The number of nitrogens with one attached hydrogen (secondary N) is 1. The Bertz CT molecular complexity index is 2150. The first kappa shape index (κ1) is 26.7. The second kappa shape index (κ2) is 10.9. The maximum absolute atomic E-state index is 13.6. The molecule has 0 unspecified atom stereocenters. The van der Waals surface area contributed by atoms with Gasteiger partial charge >= 0.3 is 0 Å². The SMILES string of the molecule is Cn1cc(-c2oc3ncnc(Oc4ccc(NC(=O)c5ccc(-c6cccc(F)c6)o5)cc4)c3c2-c2cccc(N)c2)cn1. The Labute approximate surface area is 249 Å². The number of carbonyl (C=O) groups is 1. The topological polar surface area (TPSA) is 134 Å². The Morgan fingerprint density at radius 1 is 0.932 bits per heavy atom. The maximum atomic E-state index is 13.6. The van der Waals surface area contributed by atoms with Crippen LogP contribution in [0.3, 0.4) is 0 Å². The number of fused-ring (bicyclic) bond motifs is 1. The van der Waals surface area contributed by atoms with Crippen LogP contribution in [0.5, 0.6) is 11.6 Å². The van der Waals surface area contributed by atoms with Gasteiger partial charge in [-0.25, -0.2) is 14.4 Å². The van der Waals surface area contributed by atoms with Gasteiger partial charge < -0.3 is 24.6 Å². The van der Waals surface area contributed by atoms with Crippen molar-refractivity contribution in [1.82, 2.24) is 19.7 Å². The molecule has 0 saturated heterocycles. The predicted octanol–water partition coefficient (Wildman–Crippen LogP) is 7.32. The number of anilines is 2. The van der Waals surface area contributed by atoms with Crippen LogP contribution in [0.1, 0.15) is 10.6 Å². The zero-order valence-electron chi connectivity index (χ0n) is 23.2. The minimum absolute atomic E-state index is 0.0893. The van der Waals surface area contributed by atoms with Crippen molar-refractivity contribution in [1.29, 1.82) is 0 Å². The molecule has 0 aliphatic carbocycles. The predicted molar refractivity (Wildman–Crippen MR) is 162 cm³/mol. The fourth-order valence-electron chi connectivity index (χ4n) is 4.86. The summed E-state index contributed by atoms with van der Waals surface area (Å²) in [5.41, 5.74) is 10.4. The minimum atomic E-state index is -0.452. The lowest BCUT2D eigenvalue weighted by atomic mass is 10.0. The van der Waals surface area contributed by atoms with Crippen molar-refractivity contribution >= 4 is 28.4 Å². The molecule has 0 bridgehead atoms. The number of aromatic nitrogens is 4. The van der Waals surface area contributed by atoms with E-state index in [0.717, 1.165) is 16.7 Å². The summed E-state index contributed by atoms with van der Waals surface area (Å²) in [5, 5.41) is 7.65. The van der Waals surface area contributed by atoms with E-state index in [0.29, 0.717) is 45.3 Å². The average Bonchev–Trinajstić information content (AvgIpc) is 3.77. The molecule has 4 heterocycles. The van der Waals surface area contributed by atoms with E-state index in [9.17, 15) is 9.18 Å². The quantitative estimate of drug-likeness (QED) is 0.186. The summed E-state index contributed by atoms with van der Waals surface area (Å²) in [6.07, 6.45) is 4.92. The van der Waals surface area contributed by atoms with Crippen LogP contribution in [0.15, 0.2) is 112 Å². The van der Waals surface area contributed by atoms with Crippen molar-refractivity contribution in [3.05, 3.63) is 115 Å². The van der Waals surface area contributed by atoms with Crippen LogP contribution in [-0.4, -0.2) is 25.7 Å². The first-order valence-corrected chi connectivity index (χ1v) is 13.5. The number of furan rings is 2. The molecule has 0 atom stereocenters. The molecule has 0 spiro atoms. The molecule has 0 saturated carbocycles. The summed E-state index contributed by atoms with van der Waals surface area (Å²) in [7, 11) is 1.83. The van der Waals surface area contributed by atoms with Gasteiger partial charge in [-0.15, -0.1) is 0 Å². The van der Waals surface area contributed by atoms with Gasteiger partial charge in [0.2, 0.25) is 11.6 Å². The number of ether oxygens (including phenoxy) is 1. The van der Waals surface area contributed by atoms with Crippen molar-refractivity contribution in [3.8, 4) is 45.4 Å². The highest BCUT2D eigenvalue weighted by Gasteiger charge is 2.24. The molecule has 10 nitrogen and oxygen atoms in total. The minimum Gasteiger partial charge on any atom is -0.451 e. The van der Waals surface area contributed by atoms with Crippen LogP contribution in [0, 0.1) is 5.82 Å². The Morgan fingerprint density at radius 3 is 2.52 bits per heavy atom. The summed E-state index contributed by atoms with van der Waals surface area (Å²) in [6.45, 7) is 0. The summed E-state index contributed by atoms with van der Waals surface area (Å²) < 4.78 is 33.4. The van der Waals surface area contributed by atoms with Crippen molar-refractivity contribution < 1.29 is 22.8 Å². The van der Waals surface area contributed by atoms with Gasteiger partial charge in [0.15, 0.2) is 5.76 Å². The molecule has 7 rings (SSSR count). The smallest absolute Gasteiger partial charge is 0.291 e.